The zero-order chi connectivity index (χ0) is 16.8. The van der Waals surface area contributed by atoms with Gasteiger partial charge in [-0.05, 0) is 42.0 Å². The second-order valence-electron chi connectivity index (χ2n) is 5.08. The third-order valence-electron chi connectivity index (χ3n) is 3.21. The average Bonchev–Trinajstić information content (AvgIpc) is 3.08. The summed E-state index contributed by atoms with van der Waals surface area (Å²) in [6.07, 6.45) is 3.17. The molecule has 1 heterocycles. The monoisotopic (exact) mass is 402 g/mol. The number of amides is 1. The fraction of sp³-hybridized carbons (Fsp3) is 0.118. The number of hydrogen-bond acceptors (Lipinski definition) is 4. The molecule has 0 saturated carbocycles. The molecule has 0 saturated heterocycles. The van der Waals surface area contributed by atoms with Crippen molar-refractivity contribution in [3.63, 3.8) is 0 Å². The van der Waals surface area contributed by atoms with E-state index in [0.717, 1.165) is 20.6 Å². The van der Waals surface area contributed by atoms with E-state index in [-0.39, 0.29) is 5.91 Å². The number of carbonyl (C=O) groups excluding carboxylic acids is 1. The molecule has 0 radical (unpaired) electrons. The molecule has 5 nitrogen and oxygen atoms in total. The van der Waals surface area contributed by atoms with Crippen LogP contribution in [0.5, 0.6) is 0 Å². The van der Waals surface area contributed by atoms with Crippen molar-refractivity contribution in [1.82, 2.24) is 14.8 Å². The number of thioether (sulfide) groups is 1. The molecule has 0 aliphatic heterocycles. The number of nitrogens with one attached hydrogen (secondary N) is 1. The first-order valence-electron chi connectivity index (χ1n) is 7.28. The predicted octanol–water partition coefficient (Wildman–Crippen LogP) is 3.82. The van der Waals surface area contributed by atoms with Crippen molar-refractivity contribution < 1.29 is 4.79 Å². The molecule has 122 valence electrons. The van der Waals surface area contributed by atoms with Gasteiger partial charge < -0.3 is 5.32 Å². The van der Waals surface area contributed by atoms with E-state index < -0.39 is 0 Å². The number of nitrogens with zero attached hydrogens (tertiary/aromatic N) is 3. The lowest BCUT2D eigenvalue weighted by molar-refractivity contribution is -0.113. The second kappa shape index (κ2) is 8.12. The van der Waals surface area contributed by atoms with Crippen molar-refractivity contribution in [3.8, 4) is 0 Å². The molecule has 1 N–H and O–H groups in total. The van der Waals surface area contributed by atoms with Gasteiger partial charge in [0.25, 0.3) is 0 Å². The van der Waals surface area contributed by atoms with Crippen LogP contribution in [-0.4, -0.2) is 26.4 Å². The average molecular weight is 403 g/mol. The Morgan fingerprint density at radius 3 is 2.79 bits per heavy atom. The van der Waals surface area contributed by atoms with Crippen molar-refractivity contribution in [2.45, 2.75) is 11.4 Å². The lowest BCUT2D eigenvalue weighted by Gasteiger charge is -2.08. The van der Waals surface area contributed by atoms with E-state index in [1.807, 2.05) is 48.5 Å². The minimum absolute atomic E-state index is 0.0270. The Morgan fingerprint density at radius 2 is 2.04 bits per heavy atom. The highest BCUT2D eigenvalue weighted by Gasteiger charge is 2.05. The third kappa shape index (κ3) is 4.94. The van der Waals surface area contributed by atoms with E-state index in [1.54, 1.807) is 11.0 Å². The van der Waals surface area contributed by atoms with E-state index in [1.165, 1.54) is 18.1 Å². The van der Waals surface area contributed by atoms with Crippen LogP contribution in [-0.2, 0) is 11.3 Å². The summed E-state index contributed by atoms with van der Waals surface area (Å²) >= 11 is 4.91. The molecule has 2 aromatic carbocycles. The zero-order valence-corrected chi connectivity index (χ0v) is 15.1. The molecule has 1 amide bonds. The topological polar surface area (TPSA) is 59.8 Å². The van der Waals surface area contributed by atoms with Crippen molar-refractivity contribution in [1.29, 1.82) is 0 Å². The fourth-order valence-electron chi connectivity index (χ4n) is 2.13. The highest BCUT2D eigenvalue weighted by molar-refractivity contribution is 9.10. The Labute approximate surface area is 152 Å². The van der Waals surface area contributed by atoms with Crippen molar-refractivity contribution >= 4 is 39.3 Å². The van der Waals surface area contributed by atoms with Crippen molar-refractivity contribution in [3.05, 3.63) is 71.2 Å². The Morgan fingerprint density at radius 1 is 1.21 bits per heavy atom. The number of aromatic nitrogens is 3. The van der Waals surface area contributed by atoms with E-state index in [4.69, 9.17) is 0 Å². The Hall–Kier alpha value is -2.12. The highest BCUT2D eigenvalue weighted by Crippen LogP contribution is 2.21. The van der Waals surface area contributed by atoms with Crippen molar-refractivity contribution in [2.75, 3.05) is 11.1 Å². The molecule has 0 fully saturated rings. The normalized spacial score (nSPS) is 10.5. The number of rotatable bonds is 6. The van der Waals surface area contributed by atoms with Crippen molar-refractivity contribution in [2.24, 2.45) is 0 Å². The second-order valence-corrected chi connectivity index (χ2v) is 7.05. The summed E-state index contributed by atoms with van der Waals surface area (Å²) in [5.41, 5.74) is 1.84. The number of benzene rings is 2. The molecule has 0 spiro atoms. The van der Waals surface area contributed by atoms with Gasteiger partial charge in [-0.15, -0.1) is 11.8 Å². The lowest BCUT2D eigenvalue weighted by atomic mass is 10.2. The summed E-state index contributed by atoms with van der Waals surface area (Å²) < 4.78 is 2.77. The predicted molar refractivity (Wildman–Crippen MR) is 99.1 cm³/mol. The van der Waals surface area contributed by atoms with Gasteiger partial charge >= 0.3 is 0 Å². The van der Waals surface area contributed by atoms with Gasteiger partial charge in [-0.1, -0.05) is 28.1 Å². The van der Waals surface area contributed by atoms with Crippen LogP contribution in [0.3, 0.4) is 0 Å². The molecule has 1 aromatic heterocycles. The molecule has 0 bridgehead atoms. The first-order chi connectivity index (χ1) is 11.7. The Kier molecular flexibility index (Phi) is 5.66. The number of carbonyl (C=O) groups is 1. The molecule has 7 heteroatoms. The van der Waals surface area contributed by atoms with Crippen LogP contribution >= 0.6 is 27.7 Å². The number of anilines is 1. The third-order valence-corrected chi connectivity index (χ3v) is 4.75. The number of halogens is 1. The minimum Gasteiger partial charge on any atom is -0.325 e. The maximum Gasteiger partial charge on any atom is 0.234 e. The summed E-state index contributed by atoms with van der Waals surface area (Å²) in [6.45, 7) is 0.622. The van der Waals surface area contributed by atoms with Crippen LogP contribution in [0.1, 0.15) is 5.56 Å². The van der Waals surface area contributed by atoms with Crippen LogP contribution in [0.15, 0.2) is 70.6 Å². The Balaban J connectivity index is 1.55. The summed E-state index contributed by atoms with van der Waals surface area (Å²) in [5, 5.41) is 7.01. The number of hydrogen-bond donors (Lipinski definition) is 1. The molecule has 0 aliphatic carbocycles. The smallest absolute Gasteiger partial charge is 0.234 e. The van der Waals surface area contributed by atoms with Gasteiger partial charge in [0.15, 0.2) is 0 Å². The zero-order valence-electron chi connectivity index (χ0n) is 12.7. The van der Waals surface area contributed by atoms with E-state index in [2.05, 4.69) is 31.3 Å². The van der Waals surface area contributed by atoms with E-state index >= 15 is 0 Å². The van der Waals surface area contributed by atoms with Crippen LogP contribution in [0.2, 0.25) is 0 Å². The summed E-state index contributed by atoms with van der Waals surface area (Å²) in [5.74, 6) is 0.343. The van der Waals surface area contributed by atoms with Gasteiger partial charge in [0.05, 0.1) is 12.3 Å². The molecular formula is C17H15BrN4OS. The maximum absolute atomic E-state index is 12.1. The van der Waals surface area contributed by atoms with Gasteiger partial charge in [-0.3, -0.25) is 4.79 Å². The molecule has 24 heavy (non-hydrogen) atoms. The largest absolute Gasteiger partial charge is 0.325 e. The van der Waals surface area contributed by atoms with Gasteiger partial charge in [-0.2, -0.15) is 5.10 Å². The summed E-state index contributed by atoms with van der Waals surface area (Å²) in [4.78, 5) is 17.1. The minimum atomic E-state index is -0.0270. The maximum atomic E-state index is 12.1. The van der Waals surface area contributed by atoms with Gasteiger partial charge in [-0.25, -0.2) is 9.67 Å². The standard InChI is InChI=1S/C17H15BrN4OS/c18-14-4-6-16(7-5-14)24-10-17(23)21-15-3-1-2-13(8-15)9-22-12-19-11-20-22/h1-8,11-12H,9-10H2,(H,21,23). The van der Waals surface area contributed by atoms with Crippen LogP contribution in [0, 0.1) is 0 Å². The van der Waals surface area contributed by atoms with Crippen LogP contribution in [0.25, 0.3) is 0 Å². The summed E-state index contributed by atoms with van der Waals surface area (Å²) in [7, 11) is 0. The quantitative estimate of drug-likeness (QED) is 0.636. The molecule has 0 unspecified atom stereocenters. The van der Waals surface area contributed by atoms with Crippen LogP contribution < -0.4 is 5.32 Å². The van der Waals surface area contributed by atoms with E-state index in [9.17, 15) is 4.79 Å². The lowest BCUT2D eigenvalue weighted by Crippen LogP contribution is -2.14. The van der Waals surface area contributed by atoms with Crippen LogP contribution in [0.4, 0.5) is 5.69 Å². The first kappa shape index (κ1) is 16.7. The highest BCUT2D eigenvalue weighted by atomic mass is 79.9. The molecular weight excluding hydrogens is 388 g/mol. The SMILES string of the molecule is O=C(CSc1ccc(Br)cc1)Nc1cccc(Cn2cncn2)c1. The first-order valence-corrected chi connectivity index (χ1v) is 9.06. The van der Waals surface area contributed by atoms with E-state index in [0.29, 0.717) is 12.3 Å². The van der Waals surface area contributed by atoms with Gasteiger partial charge in [0.2, 0.25) is 5.91 Å². The molecule has 3 aromatic rings. The molecule has 0 aliphatic rings. The fourth-order valence-corrected chi connectivity index (χ4v) is 3.09. The summed E-state index contributed by atoms with van der Waals surface area (Å²) in [6, 6.07) is 15.7. The van der Waals surface area contributed by atoms with Gasteiger partial charge in [0, 0.05) is 15.1 Å². The molecule has 3 rings (SSSR count). The Bertz CT molecular complexity index is 806. The van der Waals surface area contributed by atoms with Gasteiger partial charge in [0.1, 0.15) is 12.7 Å². The molecule has 0 atom stereocenters.